The summed E-state index contributed by atoms with van der Waals surface area (Å²) >= 11 is 6.38. The highest BCUT2D eigenvalue weighted by Gasteiger charge is 2.22. The highest BCUT2D eigenvalue weighted by molar-refractivity contribution is 8.26. The van der Waals surface area contributed by atoms with Crippen LogP contribution in [0, 0.1) is 0 Å². The van der Waals surface area contributed by atoms with Gasteiger partial charge in [0, 0.05) is 37.6 Å². The molecule has 2 saturated heterocycles. The third-order valence-corrected chi connectivity index (χ3v) is 7.37. The molecule has 0 saturated carbocycles. The van der Waals surface area contributed by atoms with Gasteiger partial charge in [-0.2, -0.15) is 0 Å². The summed E-state index contributed by atoms with van der Waals surface area (Å²) < 4.78 is 2.59. The van der Waals surface area contributed by atoms with E-state index in [-0.39, 0.29) is 5.91 Å². The number of nitrogens with one attached hydrogen (secondary N) is 1. The van der Waals surface area contributed by atoms with E-state index in [2.05, 4.69) is 61.9 Å². The van der Waals surface area contributed by atoms with Gasteiger partial charge in [-0.1, -0.05) is 43.4 Å². The average molecular weight is 478 g/mol. The van der Waals surface area contributed by atoms with E-state index in [4.69, 9.17) is 12.2 Å². The number of unbranched alkanes of at least 4 members (excludes halogenated alkanes) is 1. The zero-order valence-corrected chi connectivity index (χ0v) is 20.3. The second kappa shape index (κ2) is 9.67. The summed E-state index contributed by atoms with van der Waals surface area (Å²) in [5.74, 6) is -0.139. The van der Waals surface area contributed by atoms with E-state index in [0.717, 1.165) is 48.5 Å². The number of thioether (sulfide) groups is 1. The van der Waals surface area contributed by atoms with Gasteiger partial charge in [-0.3, -0.25) is 14.3 Å². The predicted molar refractivity (Wildman–Crippen MR) is 141 cm³/mol. The Morgan fingerprint density at radius 3 is 2.55 bits per heavy atom. The number of carbonyl (C=O) groups is 1. The molecule has 1 amide bonds. The number of rotatable bonds is 6. The Hall–Kier alpha value is -2.68. The standard InChI is InChI=1S/C25H27N5OS2/c1-2-3-10-28-11-13-29(14-12-28)19-5-7-20(8-6-19)30-17-26-21-9-4-18(15-22(21)30)16-23-24(31)27-25(32)33-23/h4-9,15-17H,2-3,10-14H2,1H3,(H,27,31,32)/b23-16-. The lowest BCUT2D eigenvalue weighted by Gasteiger charge is -2.36. The fourth-order valence-corrected chi connectivity index (χ4v) is 5.37. The Bertz CT molecular complexity index is 1210. The van der Waals surface area contributed by atoms with Crippen molar-refractivity contribution in [3.8, 4) is 5.69 Å². The van der Waals surface area contributed by atoms with E-state index < -0.39 is 0 Å². The Balaban J connectivity index is 1.34. The van der Waals surface area contributed by atoms with Crippen LogP contribution in [0.3, 0.4) is 0 Å². The minimum Gasteiger partial charge on any atom is -0.369 e. The van der Waals surface area contributed by atoms with Crippen LogP contribution >= 0.6 is 24.0 Å². The van der Waals surface area contributed by atoms with Crippen molar-refractivity contribution in [1.29, 1.82) is 0 Å². The maximum absolute atomic E-state index is 12.0. The molecule has 0 bridgehead atoms. The van der Waals surface area contributed by atoms with Crippen LogP contribution in [0.15, 0.2) is 53.7 Å². The number of aromatic nitrogens is 2. The topological polar surface area (TPSA) is 53.4 Å². The van der Waals surface area contributed by atoms with Crippen LogP contribution in [0.1, 0.15) is 25.3 Å². The number of thiocarbonyl (C=S) groups is 1. The lowest BCUT2D eigenvalue weighted by Crippen LogP contribution is -2.46. The fraction of sp³-hybridized carbons (Fsp3) is 0.320. The number of fused-ring (bicyclic) bond motifs is 1. The number of piperazine rings is 1. The van der Waals surface area contributed by atoms with Crippen molar-refractivity contribution in [2.75, 3.05) is 37.6 Å². The molecule has 2 fully saturated rings. The molecule has 0 radical (unpaired) electrons. The predicted octanol–water partition coefficient (Wildman–Crippen LogP) is 4.44. The molecule has 0 unspecified atom stereocenters. The second-order valence-corrected chi connectivity index (χ2v) is 10.1. The van der Waals surface area contributed by atoms with Crippen LogP contribution in [-0.2, 0) is 4.79 Å². The first kappa shape index (κ1) is 22.1. The summed E-state index contributed by atoms with van der Waals surface area (Å²) in [5, 5.41) is 2.66. The largest absolute Gasteiger partial charge is 0.369 e. The third-order valence-electron chi connectivity index (χ3n) is 6.20. The number of hydrogen-bond acceptors (Lipinski definition) is 6. The van der Waals surface area contributed by atoms with Crippen molar-refractivity contribution in [2.24, 2.45) is 0 Å². The van der Waals surface area contributed by atoms with Gasteiger partial charge in [0.2, 0.25) is 0 Å². The number of hydrogen-bond donors (Lipinski definition) is 1. The monoisotopic (exact) mass is 477 g/mol. The number of carbonyl (C=O) groups excluding carboxylic acids is 1. The molecule has 2 aromatic carbocycles. The van der Waals surface area contributed by atoms with Gasteiger partial charge in [-0.15, -0.1) is 0 Å². The summed E-state index contributed by atoms with van der Waals surface area (Å²) in [4.78, 5) is 22.2. The van der Waals surface area contributed by atoms with Crippen LogP contribution in [-0.4, -0.2) is 57.4 Å². The first-order valence-corrected chi connectivity index (χ1v) is 12.6. The smallest absolute Gasteiger partial charge is 0.263 e. The van der Waals surface area contributed by atoms with Crippen molar-refractivity contribution in [1.82, 2.24) is 19.8 Å². The summed E-state index contributed by atoms with van der Waals surface area (Å²) in [5.41, 5.74) is 5.21. The van der Waals surface area contributed by atoms with Gasteiger partial charge in [0.05, 0.1) is 15.9 Å². The van der Waals surface area contributed by atoms with Crippen molar-refractivity contribution in [3.05, 3.63) is 59.3 Å². The molecule has 3 aromatic rings. The molecule has 2 aliphatic heterocycles. The molecule has 0 aliphatic carbocycles. The molecular formula is C25H27N5OS2. The molecule has 0 atom stereocenters. The SMILES string of the molecule is CCCCN1CCN(c2ccc(-n3cnc4ccc(/C=C5\SC(=S)NC5=O)cc43)cc2)CC1. The number of benzene rings is 2. The molecule has 5 rings (SSSR count). The summed E-state index contributed by atoms with van der Waals surface area (Å²) in [7, 11) is 0. The van der Waals surface area contributed by atoms with Gasteiger partial charge in [0.25, 0.3) is 5.91 Å². The molecule has 6 nitrogen and oxygen atoms in total. The molecule has 170 valence electrons. The van der Waals surface area contributed by atoms with E-state index in [1.807, 2.05) is 24.5 Å². The minimum atomic E-state index is -0.139. The van der Waals surface area contributed by atoms with Crippen molar-refractivity contribution < 1.29 is 4.79 Å². The van der Waals surface area contributed by atoms with Gasteiger partial charge in [-0.25, -0.2) is 4.98 Å². The summed E-state index contributed by atoms with van der Waals surface area (Å²) in [6, 6.07) is 14.7. The molecule has 8 heteroatoms. The van der Waals surface area contributed by atoms with Crippen molar-refractivity contribution in [3.63, 3.8) is 0 Å². The van der Waals surface area contributed by atoms with Crippen LogP contribution < -0.4 is 10.2 Å². The number of amides is 1. The molecule has 2 aliphatic rings. The number of nitrogens with zero attached hydrogens (tertiary/aromatic N) is 4. The van der Waals surface area contributed by atoms with Gasteiger partial charge in [-0.05, 0) is 61.0 Å². The Morgan fingerprint density at radius 1 is 1.09 bits per heavy atom. The Morgan fingerprint density at radius 2 is 1.85 bits per heavy atom. The van der Waals surface area contributed by atoms with Gasteiger partial charge >= 0.3 is 0 Å². The van der Waals surface area contributed by atoms with Gasteiger partial charge in [0.1, 0.15) is 10.6 Å². The highest BCUT2D eigenvalue weighted by Crippen LogP contribution is 2.28. The summed E-state index contributed by atoms with van der Waals surface area (Å²) in [6.45, 7) is 7.88. The molecule has 3 heterocycles. The minimum absolute atomic E-state index is 0.139. The maximum Gasteiger partial charge on any atom is 0.263 e. The first-order valence-electron chi connectivity index (χ1n) is 11.4. The van der Waals surface area contributed by atoms with E-state index in [1.54, 1.807) is 0 Å². The average Bonchev–Trinajstić information content (AvgIpc) is 3.40. The van der Waals surface area contributed by atoms with E-state index in [1.165, 1.54) is 36.8 Å². The van der Waals surface area contributed by atoms with Gasteiger partial charge < -0.3 is 10.2 Å². The Kier molecular flexibility index (Phi) is 6.48. The third kappa shape index (κ3) is 4.83. The normalized spacial score (nSPS) is 18.5. The second-order valence-electron chi connectivity index (χ2n) is 8.41. The van der Waals surface area contributed by atoms with Crippen LogP contribution in [0.2, 0.25) is 0 Å². The summed E-state index contributed by atoms with van der Waals surface area (Å²) in [6.07, 6.45) is 6.27. The maximum atomic E-state index is 12.0. The quantitative estimate of drug-likeness (QED) is 0.419. The van der Waals surface area contributed by atoms with Crippen LogP contribution in [0.4, 0.5) is 5.69 Å². The Labute approximate surface area is 203 Å². The highest BCUT2D eigenvalue weighted by atomic mass is 32.2. The van der Waals surface area contributed by atoms with Crippen LogP contribution in [0.25, 0.3) is 22.8 Å². The molecule has 1 N–H and O–H groups in total. The number of imidazole rings is 1. The van der Waals surface area contributed by atoms with E-state index in [9.17, 15) is 4.79 Å². The zero-order chi connectivity index (χ0) is 22.8. The molecular weight excluding hydrogens is 450 g/mol. The lowest BCUT2D eigenvalue weighted by atomic mass is 10.1. The fourth-order valence-electron chi connectivity index (χ4n) is 4.33. The molecule has 0 spiro atoms. The van der Waals surface area contributed by atoms with Crippen molar-refractivity contribution in [2.45, 2.75) is 19.8 Å². The number of anilines is 1. The van der Waals surface area contributed by atoms with E-state index >= 15 is 0 Å². The molecule has 33 heavy (non-hydrogen) atoms. The van der Waals surface area contributed by atoms with Gasteiger partial charge in [0.15, 0.2) is 0 Å². The van der Waals surface area contributed by atoms with Crippen molar-refractivity contribution >= 4 is 57.0 Å². The van der Waals surface area contributed by atoms with E-state index in [0.29, 0.717) is 9.23 Å². The first-order chi connectivity index (χ1) is 16.1. The lowest BCUT2D eigenvalue weighted by molar-refractivity contribution is -0.115. The zero-order valence-electron chi connectivity index (χ0n) is 18.7. The molecule has 1 aromatic heterocycles. The van der Waals surface area contributed by atoms with Crippen LogP contribution in [0.5, 0.6) is 0 Å².